The average Bonchev–Trinajstić information content (AvgIpc) is 2.43. The van der Waals surface area contributed by atoms with Crippen LogP contribution in [0.25, 0.3) is 0 Å². The summed E-state index contributed by atoms with van der Waals surface area (Å²) in [6.07, 6.45) is 1.95. The molecule has 0 saturated heterocycles. The Labute approximate surface area is 121 Å². The Bertz CT molecular complexity index is 519. The number of hydrogen-bond acceptors (Lipinski definition) is 7. The summed E-state index contributed by atoms with van der Waals surface area (Å²) in [5.74, 6) is -0.563. The smallest absolute Gasteiger partial charge is 0.356 e. The molecule has 1 heterocycles. The van der Waals surface area contributed by atoms with Crippen molar-refractivity contribution >= 4 is 29.2 Å². The zero-order chi connectivity index (χ0) is 15.3. The van der Waals surface area contributed by atoms with Gasteiger partial charge in [0.05, 0.1) is 12.0 Å². The van der Waals surface area contributed by atoms with Crippen molar-refractivity contribution in [3.63, 3.8) is 0 Å². The Morgan fingerprint density at radius 2 is 2.20 bits per heavy atom. The second kappa shape index (κ2) is 6.56. The fraction of sp³-hybridized carbons (Fsp3) is 0.500. The maximum Gasteiger partial charge on any atom is 0.356 e. The topological polar surface area (TPSA) is 94.4 Å². The van der Waals surface area contributed by atoms with E-state index >= 15 is 0 Å². The van der Waals surface area contributed by atoms with Crippen molar-refractivity contribution in [3.8, 4) is 0 Å². The lowest BCUT2D eigenvalue weighted by Crippen LogP contribution is -2.26. The number of nitrogens with one attached hydrogen (secondary N) is 1. The van der Waals surface area contributed by atoms with Crippen LogP contribution in [0.2, 0.25) is 0 Å². The number of methoxy groups -OCH3 is 1. The van der Waals surface area contributed by atoms with Crippen molar-refractivity contribution in [2.75, 3.05) is 25.2 Å². The Balaban J connectivity index is 3.06. The highest BCUT2D eigenvalue weighted by Crippen LogP contribution is 2.26. The highest BCUT2D eigenvalue weighted by molar-refractivity contribution is 7.99. The number of aromatic nitrogens is 1. The molecule has 0 radical (unpaired) electrons. The van der Waals surface area contributed by atoms with Crippen LogP contribution in [0.15, 0.2) is 12.1 Å². The van der Waals surface area contributed by atoms with E-state index < -0.39 is 10.9 Å². The number of nitrogens with zero attached hydrogens (tertiary/aromatic N) is 2. The summed E-state index contributed by atoms with van der Waals surface area (Å²) < 4.78 is 4.44. The Morgan fingerprint density at radius 1 is 1.55 bits per heavy atom. The molecule has 0 aliphatic heterocycles. The summed E-state index contributed by atoms with van der Waals surface area (Å²) in [6, 6.07) is 2.52. The van der Waals surface area contributed by atoms with Gasteiger partial charge >= 0.3 is 11.7 Å². The zero-order valence-electron chi connectivity index (χ0n) is 11.8. The van der Waals surface area contributed by atoms with Gasteiger partial charge in [0, 0.05) is 17.4 Å². The van der Waals surface area contributed by atoms with E-state index in [1.807, 2.05) is 20.1 Å². The molecule has 1 aromatic heterocycles. The molecular formula is C12H17N3O4S. The first-order valence-electron chi connectivity index (χ1n) is 5.83. The summed E-state index contributed by atoms with van der Waals surface area (Å²) in [5.41, 5.74) is -0.142. The Hall–Kier alpha value is -1.83. The fourth-order valence-electron chi connectivity index (χ4n) is 1.32. The van der Waals surface area contributed by atoms with E-state index in [2.05, 4.69) is 15.0 Å². The molecule has 0 saturated carbocycles. The van der Waals surface area contributed by atoms with Gasteiger partial charge in [-0.1, -0.05) is 0 Å². The van der Waals surface area contributed by atoms with E-state index in [-0.39, 0.29) is 21.9 Å². The van der Waals surface area contributed by atoms with Gasteiger partial charge in [0.1, 0.15) is 0 Å². The molecule has 0 spiro atoms. The van der Waals surface area contributed by atoms with E-state index in [1.165, 1.54) is 19.2 Å². The van der Waals surface area contributed by atoms with Crippen LogP contribution in [-0.2, 0) is 4.74 Å². The van der Waals surface area contributed by atoms with Crippen molar-refractivity contribution in [3.05, 3.63) is 27.9 Å². The quantitative estimate of drug-likeness (QED) is 0.489. The molecule has 1 aromatic rings. The SMILES string of the molecule is COC(=O)c1ccc([N+](=O)[O-])c(NCC(C)(C)SC)n1. The van der Waals surface area contributed by atoms with E-state index in [1.54, 1.807) is 11.8 Å². The number of ether oxygens (including phenoxy) is 1. The summed E-state index contributed by atoms with van der Waals surface area (Å²) in [7, 11) is 1.23. The van der Waals surface area contributed by atoms with Crippen molar-refractivity contribution in [2.45, 2.75) is 18.6 Å². The molecule has 20 heavy (non-hydrogen) atoms. The van der Waals surface area contributed by atoms with Gasteiger partial charge in [0.25, 0.3) is 0 Å². The van der Waals surface area contributed by atoms with E-state index in [4.69, 9.17) is 0 Å². The summed E-state index contributed by atoms with van der Waals surface area (Å²) in [4.78, 5) is 25.8. The molecular weight excluding hydrogens is 282 g/mol. The van der Waals surface area contributed by atoms with Gasteiger partial charge in [-0.25, -0.2) is 9.78 Å². The molecule has 0 aliphatic rings. The van der Waals surface area contributed by atoms with Crippen LogP contribution in [0.1, 0.15) is 24.3 Å². The lowest BCUT2D eigenvalue weighted by Gasteiger charge is -2.22. The van der Waals surface area contributed by atoms with Gasteiger partial charge < -0.3 is 10.1 Å². The molecule has 0 aliphatic carbocycles. The summed E-state index contributed by atoms with van der Waals surface area (Å²) >= 11 is 1.62. The monoisotopic (exact) mass is 299 g/mol. The Kier molecular flexibility index (Phi) is 5.32. The zero-order valence-corrected chi connectivity index (χ0v) is 12.6. The van der Waals surface area contributed by atoms with Gasteiger partial charge in [-0.15, -0.1) is 0 Å². The molecule has 0 unspecified atom stereocenters. The predicted octanol–water partition coefficient (Wildman–Crippen LogP) is 2.33. The third kappa shape index (κ3) is 4.09. The summed E-state index contributed by atoms with van der Waals surface area (Å²) in [6.45, 7) is 4.48. The normalized spacial score (nSPS) is 11.0. The molecule has 1 rings (SSSR count). The maximum atomic E-state index is 11.4. The van der Waals surface area contributed by atoms with Crippen LogP contribution in [0.5, 0.6) is 0 Å². The van der Waals surface area contributed by atoms with Crippen LogP contribution in [-0.4, -0.2) is 40.5 Å². The Morgan fingerprint density at radius 3 is 2.70 bits per heavy atom. The lowest BCUT2D eigenvalue weighted by molar-refractivity contribution is -0.384. The number of rotatable bonds is 6. The van der Waals surface area contributed by atoms with Crippen LogP contribution < -0.4 is 5.32 Å². The van der Waals surface area contributed by atoms with Gasteiger partial charge in [-0.3, -0.25) is 10.1 Å². The van der Waals surface area contributed by atoms with Crippen LogP contribution in [0, 0.1) is 10.1 Å². The molecule has 1 N–H and O–H groups in total. The number of carbonyl (C=O) groups is 1. The van der Waals surface area contributed by atoms with Crippen LogP contribution in [0.4, 0.5) is 11.5 Å². The second-order valence-electron chi connectivity index (χ2n) is 4.63. The number of anilines is 1. The summed E-state index contributed by atoms with van der Waals surface area (Å²) in [5, 5.41) is 13.9. The average molecular weight is 299 g/mol. The number of nitro groups is 1. The molecule has 7 nitrogen and oxygen atoms in total. The predicted molar refractivity (Wildman–Crippen MR) is 78.3 cm³/mol. The number of carbonyl (C=O) groups excluding carboxylic acids is 1. The number of pyridine rings is 1. The van der Waals surface area contributed by atoms with Gasteiger partial charge in [-0.05, 0) is 26.2 Å². The second-order valence-corrected chi connectivity index (χ2v) is 6.14. The molecule has 8 heteroatoms. The molecule has 0 fully saturated rings. The standard InChI is InChI=1S/C12H17N3O4S/c1-12(2,20-4)7-13-10-9(15(17)18)6-5-8(14-10)11(16)19-3/h5-6H,7H2,1-4H3,(H,13,14). The molecule has 0 amide bonds. The minimum Gasteiger partial charge on any atom is -0.464 e. The molecule has 0 atom stereocenters. The van der Waals surface area contributed by atoms with Crippen molar-refractivity contribution in [1.82, 2.24) is 4.98 Å². The third-order valence-corrected chi connectivity index (χ3v) is 3.95. The van der Waals surface area contributed by atoms with Gasteiger partial charge in [-0.2, -0.15) is 11.8 Å². The molecule has 0 bridgehead atoms. The molecule has 110 valence electrons. The van der Waals surface area contributed by atoms with Crippen molar-refractivity contribution in [1.29, 1.82) is 0 Å². The molecule has 0 aromatic carbocycles. The fourth-order valence-corrected chi connectivity index (χ4v) is 1.53. The van der Waals surface area contributed by atoms with Crippen molar-refractivity contribution < 1.29 is 14.5 Å². The first kappa shape index (κ1) is 16.2. The number of hydrogen-bond donors (Lipinski definition) is 1. The van der Waals surface area contributed by atoms with Gasteiger partial charge in [0.15, 0.2) is 5.69 Å². The van der Waals surface area contributed by atoms with Gasteiger partial charge in [0.2, 0.25) is 5.82 Å². The highest BCUT2D eigenvalue weighted by Gasteiger charge is 2.22. The van der Waals surface area contributed by atoms with E-state index in [9.17, 15) is 14.9 Å². The van der Waals surface area contributed by atoms with Crippen LogP contribution >= 0.6 is 11.8 Å². The largest absolute Gasteiger partial charge is 0.464 e. The number of thioether (sulfide) groups is 1. The first-order valence-corrected chi connectivity index (χ1v) is 7.06. The van der Waals surface area contributed by atoms with E-state index in [0.717, 1.165) is 0 Å². The highest BCUT2D eigenvalue weighted by atomic mass is 32.2. The van der Waals surface area contributed by atoms with E-state index in [0.29, 0.717) is 6.54 Å². The van der Waals surface area contributed by atoms with Crippen molar-refractivity contribution in [2.24, 2.45) is 0 Å². The maximum absolute atomic E-state index is 11.4. The number of esters is 1. The lowest BCUT2D eigenvalue weighted by atomic mass is 10.2. The first-order chi connectivity index (χ1) is 9.30. The minimum absolute atomic E-state index is 0.0301. The van der Waals surface area contributed by atoms with Crippen LogP contribution in [0.3, 0.4) is 0 Å². The third-order valence-electron chi connectivity index (χ3n) is 2.70. The minimum atomic E-state index is -0.632.